The van der Waals surface area contributed by atoms with Gasteiger partial charge in [0.1, 0.15) is 0 Å². The minimum Gasteiger partial charge on any atom is -0.307 e. The van der Waals surface area contributed by atoms with E-state index in [1.165, 1.54) is 43.2 Å². The zero-order chi connectivity index (χ0) is 14.1. The maximum Gasteiger partial charge on any atom is 0.0294 e. The molecule has 0 radical (unpaired) electrons. The molecule has 0 spiro atoms. The van der Waals surface area contributed by atoms with Crippen LogP contribution in [0.1, 0.15) is 56.2 Å². The second-order valence-corrected chi connectivity index (χ2v) is 6.87. The monoisotopic (exact) mass is 272 g/mol. The van der Waals surface area contributed by atoms with Gasteiger partial charge in [-0.2, -0.15) is 0 Å². The predicted octanol–water partition coefficient (Wildman–Crippen LogP) is 3.66. The first kappa shape index (κ1) is 14.1. The summed E-state index contributed by atoms with van der Waals surface area (Å²) in [7, 11) is 2.33. The quantitative estimate of drug-likeness (QED) is 0.903. The molecular formula is C18H28N2. The van der Waals surface area contributed by atoms with Gasteiger partial charge in [0.05, 0.1) is 0 Å². The number of nitrogens with one attached hydrogen (secondary N) is 1. The number of benzene rings is 1. The maximum absolute atomic E-state index is 3.88. The van der Waals surface area contributed by atoms with E-state index in [2.05, 4.69) is 55.4 Å². The molecule has 1 aromatic carbocycles. The first-order valence-electron chi connectivity index (χ1n) is 8.18. The van der Waals surface area contributed by atoms with Gasteiger partial charge in [-0.1, -0.05) is 36.2 Å². The number of hydrogen-bond acceptors (Lipinski definition) is 2. The highest BCUT2D eigenvalue weighted by Gasteiger charge is 2.36. The molecule has 2 nitrogen and oxygen atoms in total. The first-order valence-corrected chi connectivity index (χ1v) is 8.18. The number of aryl methyl sites for hydroxylation is 1. The normalized spacial score (nSPS) is 32.0. The fourth-order valence-electron chi connectivity index (χ4n) is 4.06. The van der Waals surface area contributed by atoms with E-state index in [0.717, 1.165) is 12.1 Å². The van der Waals surface area contributed by atoms with Crippen molar-refractivity contribution in [3.63, 3.8) is 0 Å². The Labute approximate surface area is 123 Å². The van der Waals surface area contributed by atoms with Crippen LogP contribution in [0.5, 0.6) is 0 Å². The SMILES string of the molecule is Cc1ccc(C(C)NC2CC3CCCC(C2)N3C)cc1. The minimum absolute atomic E-state index is 0.463. The third kappa shape index (κ3) is 2.91. The van der Waals surface area contributed by atoms with E-state index in [1.54, 1.807) is 0 Å². The third-order valence-corrected chi connectivity index (χ3v) is 5.40. The Bertz CT molecular complexity index is 425. The Morgan fingerprint density at radius 3 is 2.30 bits per heavy atom. The van der Waals surface area contributed by atoms with Crippen molar-refractivity contribution >= 4 is 0 Å². The largest absolute Gasteiger partial charge is 0.307 e. The van der Waals surface area contributed by atoms with Crippen LogP contribution in [0.15, 0.2) is 24.3 Å². The van der Waals surface area contributed by atoms with Gasteiger partial charge >= 0.3 is 0 Å². The first-order chi connectivity index (χ1) is 9.63. The molecule has 110 valence electrons. The standard InChI is InChI=1S/C18H28N2/c1-13-7-9-15(10-8-13)14(2)19-16-11-17-5-4-6-18(12-16)20(17)3/h7-10,14,16-19H,4-6,11-12H2,1-3H3. The Kier molecular flexibility index (Phi) is 4.13. The summed E-state index contributed by atoms with van der Waals surface area (Å²) in [6, 6.07) is 11.7. The molecule has 2 fully saturated rings. The smallest absolute Gasteiger partial charge is 0.0294 e. The molecular weight excluding hydrogens is 244 g/mol. The molecule has 20 heavy (non-hydrogen) atoms. The molecule has 0 saturated carbocycles. The van der Waals surface area contributed by atoms with Gasteiger partial charge in [-0.05, 0) is 52.1 Å². The van der Waals surface area contributed by atoms with E-state index in [4.69, 9.17) is 0 Å². The molecule has 3 rings (SSSR count). The lowest BCUT2D eigenvalue weighted by Gasteiger charge is -2.47. The van der Waals surface area contributed by atoms with Crippen molar-refractivity contribution < 1.29 is 0 Å². The van der Waals surface area contributed by atoms with Crippen LogP contribution in [0.2, 0.25) is 0 Å². The molecule has 3 unspecified atom stereocenters. The van der Waals surface area contributed by atoms with Crippen molar-refractivity contribution in [1.82, 2.24) is 10.2 Å². The van der Waals surface area contributed by atoms with E-state index in [9.17, 15) is 0 Å². The van der Waals surface area contributed by atoms with E-state index in [1.807, 2.05) is 0 Å². The lowest BCUT2D eigenvalue weighted by Crippen LogP contribution is -2.54. The van der Waals surface area contributed by atoms with Crippen LogP contribution in [0.4, 0.5) is 0 Å². The molecule has 2 heterocycles. The Balaban J connectivity index is 1.62. The van der Waals surface area contributed by atoms with Gasteiger partial charge in [0.2, 0.25) is 0 Å². The molecule has 1 N–H and O–H groups in total. The van der Waals surface area contributed by atoms with E-state index < -0.39 is 0 Å². The number of rotatable bonds is 3. The Morgan fingerprint density at radius 2 is 1.70 bits per heavy atom. The number of piperidine rings is 2. The zero-order valence-electron chi connectivity index (χ0n) is 13.1. The van der Waals surface area contributed by atoms with Crippen molar-refractivity contribution in [2.75, 3.05) is 7.05 Å². The van der Waals surface area contributed by atoms with Crippen LogP contribution < -0.4 is 5.32 Å². The molecule has 3 atom stereocenters. The highest BCUT2D eigenvalue weighted by molar-refractivity contribution is 5.23. The van der Waals surface area contributed by atoms with Crippen molar-refractivity contribution in [3.05, 3.63) is 35.4 Å². The van der Waals surface area contributed by atoms with Crippen LogP contribution in [0, 0.1) is 6.92 Å². The van der Waals surface area contributed by atoms with E-state index >= 15 is 0 Å². The maximum atomic E-state index is 3.88. The van der Waals surface area contributed by atoms with Gasteiger partial charge in [-0.15, -0.1) is 0 Å². The topological polar surface area (TPSA) is 15.3 Å². The number of hydrogen-bond donors (Lipinski definition) is 1. The Hall–Kier alpha value is -0.860. The van der Waals surface area contributed by atoms with Gasteiger partial charge in [-0.3, -0.25) is 0 Å². The average Bonchev–Trinajstić information content (AvgIpc) is 2.40. The van der Waals surface area contributed by atoms with Gasteiger partial charge < -0.3 is 10.2 Å². The molecule has 2 aliphatic heterocycles. The molecule has 2 saturated heterocycles. The van der Waals surface area contributed by atoms with Gasteiger partial charge in [0.25, 0.3) is 0 Å². The lowest BCUT2D eigenvalue weighted by molar-refractivity contribution is 0.0463. The van der Waals surface area contributed by atoms with Crippen LogP contribution in [0.3, 0.4) is 0 Å². The van der Waals surface area contributed by atoms with Gasteiger partial charge in [0, 0.05) is 24.2 Å². The van der Waals surface area contributed by atoms with E-state index in [-0.39, 0.29) is 0 Å². The fraction of sp³-hybridized carbons (Fsp3) is 0.667. The van der Waals surface area contributed by atoms with Crippen molar-refractivity contribution in [1.29, 1.82) is 0 Å². The summed E-state index contributed by atoms with van der Waals surface area (Å²) in [5.74, 6) is 0. The predicted molar refractivity (Wildman–Crippen MR) is 84.9 cm³/mol. The van der Waals surface area contributed by atoms with Crippen molar-refractivity contribution in [2.45, 2.75) is 70.1 Å². The number of nitrogens with zero attached hydrogens (tertiary/aromatic N) is 1. The summed E-state index contributed by atoms with van der Waals surface area (Å²) in [5.41, 5.74) is 2.76. The highest BCUT2D eigenvalue weighted by Crippen LogP contribution is 2.33. The fourth-order valence-corrected chi connectivity index (χ4v) is 4.06. The van der Waals surface area contributed by atoms with Gasteiger partial charge in [0.15, 0.2) is 0 Å². The molecule has 0 aromatic heterocycles. The molecule has 2 bridgehead atoms. The van der Waals surface area contributed by atoms with Crippen molar-refractivity contribution in [3.8, 4) is 0 Å². The Morgan fingerprint density at radius 1 is 1.10 bits per heavy atom. The number of fused-ring (bicyclic) bond motifs is 2. The summed E-state index contributed by atoms with van der Waals surface area (Å²) in [5, 5.41) is 3.88. The van der Waals surface area contributed by atoms with Crippen LogP contribution in [0.25, 0.3) is 0 Å². The molecule has 0 amide bonds. The summed E-state index contributed by atoms with van der Waals surface area (Å²) in [6.45, 7) is 4.46. The molecule has 2 aliphatic rings. The van der Waals surface area contributed by atoms with Crippen LogP contribution in [-0.2, 0) is 0 Å². The van der Waals surface area contributed by atoms with Crippen LogP contribution in [-0.4, -0.2) is 30.1 Å². The molecule has 0 aliphatic carbocycles. The second-order valence-electron chi connectivity index (χ2n) is 6.87. The summed E-state index contributed by atoms with van der Waals surface area (Å²) in [6.07, 6.45) is 6.86. The van der Waals surface area contributed by atoms with Crippen LogP contribution >= 0.6 is 0 Å². The van der Waals surface area contributed by atoms with E-state index in [0.29, 0.717) is 12.1 Å². The summed E-state index contributed by atoms with van der Waals surface area (Å²) in [4.78, 5) is 2.64. The molecule has 2 heteroatoms. The summed E-state index contributed by atoms with van der Waals surface area (Å²) < 4.78 is 0. The summed E-state index contributed by atoms with van der Waals surface area (Å²) >= 11 is 0. The van der Waals surface area contributed by atoms with Gasteiger partial charge in [-0.25, -0.2) is 0 Å². The zero-order valence-corrected chi connectivity index (χ0v) is 13.1. The minimum atomic E-state index is 0.463. The second kappa shape index (κ2) is 5.87. The average molecular weight is 272 g/mol. The highest BCUT2D eigenvalue weighted by atomic mass is 15.2. The van der Waals surface area contributed by atoms with Crippen molar-refractivity contribution in [2.24, 2.45) is 0 Å². The molecule has 1 aromatic rings. The third-order valence-electron chi connectivity index (χ3n) is 5.40. The lowest BCUT2D eigenvalue weighted by atomic mass is 9.82.